The van der Waals surface area contributed by atoms with Crippen molar-refractivity contribution in [2.75, 3.05) is 0 Å². The quantitative estimate of drug-likeness (QED) is 0.561. The topological polar surface area (TPSA) is 26.3 Å². The van der Waals surface area contributed by atoms with Gasteiger partial charge in [-0.3, -0.25) is 0 Å². The molecule has 3 heteroatoms. The van der Waals surface area contributed by atoms with Gasteiger partial charge in [0.2, 0.25) is 0 Å². The van der Waals surface area contributed by atoms with Crippen LogP contribution in [0, 0.1) is 12.9 Å². The summed E-state index contributed by atoms with van der Waals surface area (Å²) >= 11 is 0. The van der Waals surface area contributed by atoms with E-state index in [0.717, 1.165) is 0 Å². The molecule has 0 atom stereocenters. The highest BCUT2D eigenvalue weighted by Gasteiger charge is 2.10. The van der Waals surface area contributed by atoms with E-state index >= 15 is 0 Å². The molecule has 0 aliphatic carbocycles. The van der Waals surface area contributed by atoms with Crippen LogP contribution >= 0.6 is 0 Å². The summed E-state index contributed by atoms with van der Waals surface area (Å²) in [5, 5.41) is 0.706. The first-order chi connectivity index (χ1) is 4.79. The van der Waals surface area contributed by atoms with Gasteiger partial charge in [0, 0.05) is 5.56 Å². The van der Waals surface area contributed by atoms with Crippen molar-refractivity contribution in [1.29, 1.82) is 0 Å². The van der Waals surface area contributed by atoms with Gasteiger partial charge >= 0.3 is 0 Å². The van der Waals surface area contributed by atoms with Crippen molar-refractivity contribution >= 4 is 11.2 Å². The number of hydrogen-bond donors (Lipinski definition) is 0. The SMILES string of the molecule is Cc1c(F)oc2occc12. The van der Waals surface area contributed by atoms with E-state index < -0.39 is 6.01 Å². The lowest BCUT2D eigenvalue weighted by Gasteiger charge is -1.76. The highest BCUT2D eigenvalue weighted by molar-refractivity contribution is 5.75. The Morgan fingerprint density at radius 1 is 1.50 bits per heavy atom. The Labute approximate surface area is 56.2 Å². The molecule has 2 rings (SSSR count). The summed E-state index contributed by atoms with van der Waals surface area (Å²) < 4.78 is 22.0. The maximum atomic E-state index is 12.5. The largest absolute Gasteiger partial charge is 0.433 e. The molecular formula is C7H5FO2. The molecule has 0 aliphatic heterocycles. The number of aryl methyl sites for hydroxylation is 1. The molecule has 0 saturated carbocycles. The molecular weight excluding hydrogens is 135 g/mol. The molecule has 52 valence electrons. The van der Waals surface area contributed by atoms with E-state index in [1.807, 2.05) is 0 Å². The molecule has 0 N–H and O–H groups in total. The minimum Gasteiger partial charge on any atom is -0.433 e. The summed E-state index contributed by atoms with van der Waals surface area (Å²) in [4.78, 5) is 0. The van der Waals surface area contributed by atoms with E-state index in [4.69, 9.17) is 4.42 Å². The first-order valence-corrected chi connectivity index (χ1v) is 2.91. The predicted molar refractivity (Wildman–Crippen MR) is 33.2 cm³/mol. The van der Waals surface area contributed by atoms with Crippen molar-refractivity contribution in [1.82, 2.24) is 0 Å². The van der Waals surface area contributed by atoms with E-state index in [1.54, 1.807) is 13.0 Å². The first-order valence-electron chi connectivity index (χ1n) is 2.91. The smallest absolute Gasteiger partial charge is 0.299 e. The standard InChI is InChI=1S/C7H5FO2/c1-4-5-2-3-9-7(5)10-6(4)8/h2-3H,1H3. The molecule has 0 unspecified atom stereocenters. The van der Waals surface area contributed by atoms with Crippen LogP contribution in [0.3, 0.4) is 0 Å². The van der Waals surface area contributed by atoms with Gasteiger partial charge in [-0.05, 0) is 13.0 Å². The average molecular weight is 140 g/mol. The highest BCUT2D eigenvalue weighted by Crippen LogP contribution is 2.24. The van der Waals surface area contributed by atoms with Crippen LogP contribution in [0.1, 0.15) is 5.56 Å². The molecule has 0 fully saturated rings. The fraction of sp³-hybridized carbons (Fsp3) is 0.143. The summed E-state index contributed by atoms with van der Waals surface area (Å²) in [5.41, 5.74) is 0.503. The van der Waals surface area contributed by atoms with Crippen molar-refractivity contribution < 1.29 is 13.2 Å². The van der Waals surface area contributed by atoms with Gasteiger partial charge in [-0.15, -0.1) is 0 Å². The van der Waals surface area contributed by atoms with E-state index in [0.29, 0.717) is 10.9 Å². The number of halogens is 1. The van der Waals surface area contributed by atoms with Crippen molar-refractivity contribution in [3.63, 3.8) is 0 Å². The zero-order valence-electron chi connectivity index (χ0n) is 5.35. The summed E-state index contributed by atoms with van der Waals surface area (Å²) in [6, 6.07) is 1.12. The van der Waals surface area contributed by atoms with Gasteiger partial charge in [-0.25, -0.2) is 0 Å². The molecule has 0 radical (unpaired) electrons. The fourth-order valence-corrected chi connectivity index (χ4v) is 0.916. The minimum absolute atomic E-state index is 0.259. The van der Waals surface area contributed by atoms with E-state index in [1.165, 1.54) is 6.26 Å². The summed E-state index contributed by atoms with van der Waals surface area (Å²) in [5.74, 6) is 0.259. The van der Waals surface area contributed by atoms with Gasteiger partial charge in [0.25, 0.3) is 11.8 Å². The highest BCUT2D eigenvalue weighted by atomic mass is 19.1. The lowest BCUT2D eigenvalue weighted by Crippen LogP contribution is -1.68. The van der Waals surface area contributed by atoms with Crippen LogP contribution in [0.5, 0.6) is 0 Å². The first kappa shape index (κ1) is 5.53. The second kappa shape index (κ2) is 1.62. The molecule has 2 aromatic heterocycles. The van der Waals surface area contributed by atoms with Gasteiger partial charge in [0.15, 0.2) is 0 Å². The third-order valence-corrected chi connectivity index (χ3v) is 1.51. The van der Waals surface area contributed by atoms with Gasteiger partial charge < -0.3 is 8.83 Å². The van der Waals surface area contributed by atoms with Crippen molar-refractivity contribution in [2.24, 2.45) is 0 Å². The van der Waals surface area contributed by atoms with E-state index in [2.05, 4.69) is 4.42 Å². The number of furan rings is 2. The number of hydrogen-bond acceptors (Lipinski definition) is 2. The minimum atomic E-state index is -0.561. The molecule has 0 aromatic carbocycles. The van der Waals surface area contributed by atoms with Crippen LogP contribution < -0.4 is 0 Å². The molecule has 0 aliphatic rings. The molecule has 0 bridgehead atoms. The molecule has 2 aromatic rings. The van der Waals surface area contributed by atoms with Crippen LogP contribution in [0.25, 0.3) is 11.2 Å². The monoisotopic (exact) mass is 140 g/mol. The predicted octanol–water partition coefficient (Wildman–Crippen LogP) is 2.47. The average Bonchev–Trinajstić information content (AvgIpc) is 2.41. The molecule has 2 heterocycles. The van der Waals surface area contributed by atoms with Crippen molar-refractivity contribution in [2.45, 2.75) is 6.92 Å². The van der Waals surface area contributed by atoms with Crippen LogP contribution in [-0.2, 0) is 0 Å². The van der Waals surface area contributed by atoms with Crippen molar-refractivity contribution in [3.05, 3.63) is 23.9 Å². The molecule has 2 nitrogen and oxygen atoms in total. The number of fused-ring (bicyclic) bond motifs is 1. The Morgan fingerprint density at radius 2 is 2.30 bits per heavy atom. The Morgan fingerprint density at radius 3 is 3.00 bits per heavy atom. The van der Waals surface area contributed by atoms with Gasteiger partial charge in [-0.1, -0.05) is 0 Å². The van der Waals surface area contributed by atoms with Gasteiger partial charge in [0.05, 0.1) is 11.6 Å². The summed E-state index contributed by atoms with van der Waals surface area (Å²) in [7, 11) is 0. The van der Waals surface area contributed by atoms with Gasteiger partial charge in [0.1, 0.15) is 0 Å². The maximum absolute atomic E-state index is 12.5. The molecule has 0 spiro atoms. The van der Waals surface area contributed by atoms with Crippen LogP contribution in [-0.4, -0.2) is 0 Å². The third kappa shape index (κ3) is 0.518. The zero-order chi connectivity index (χ0) is 7.14. The molecule has 0 saturated heterocycles. The number of rotatable bonds is 0. The Kier molecular flexibility index (Phi) is 0.897. The zero-order valence-corrected chi connectivity index (χ0v) is 5.35. The maximum Gasteiger partial charge on any atom is 0.299 e. The lowest BCUT2D eigenvalue weighted by molar-refractivity contribution is 0.342. The van der Waals surface area contributed by atoms with E-state index in [9.17, 15) is 4.39 Å². The Hall–Kier alpha value is -1.25. The Balaban J connectivity index is 2.95. The Bertz CT molecular complexity index is 358. The van der Waals surface area contributed by atoms with E-state index in [-0.39, 0.29) is 5.78 Å². The molecule has 10 heavy (non-hydrogen) atoms. The van der Waals surface area contributed by atoms with Crippen LogP contribution in [0.4, 0.5) is 4.39 Å². The summed E-state index contributed by atoms with van der Waals surface area (Å²) in [6.45, 7) is 1.65. The van der Waals surface area contributed by atoms with Gasteiger partial charge in [-0.2, -0.15) is 4.39 Å². The van der Waals surface area contributed by atoms with Crippen molar-refractivity contribution in [3.8, 4) is 0 Å². The summed E-state index contributed by atoms with van der Waals surface area (Å²) in [6.07, 6.45) is 1.47. The second-order valence-electron chi connectivity index (χ2n) is 2.12. The fourth-order valence-electron chi connectivity index (χ4n) is 0.916. The van der Waals surface area contributed by atoms with Crippen LogP contribution in [0.2, 0.25) is 0 Å². The van der Waals surface area contributed by atoms with Crippen LogP contribution in [0.15, 0.2) is 21.2 Å². The normalized spacial score (nSPS) is 11.0. The second-order valence-corrected chi connectivity index (χ2v) is 2.12. The third-order valence-electron chi connectivity index (χ3n) is 1.51. The lowest BCUT2D eigenvalue weighted by atomic mass is 10.3. The molecule has 0 amide bonds.